The van der Waals surface area contributed by atoms with Crippen molar-refractivity contribution in [2.75, 3.05) is 31.1 Å². The maximum Gasteiger partial charge on any atom is 0.315 e. The largest absolute Gasteiger partial charge is 0.341 e. The maximum absolute atomic E-state index is 13.8. The number of anilines is 1. The molecule has 0 spiro atoms. The average Bonchev–Trinajstić information content (AvgIpc) is 3.16. The normalized spacial score (nSPS) is 21.0. The Bertz CT molecular complexity index is 1220. The van der Waals surface area contributed by atoms with Crippen molar-refractivity contribution in [2.45, 2.75) is 82.3 Å². The zero-order valence-corrected chi connectivity index (χ0v) is 24.0. The lowest BCUT2D eigenvalue weighted by molar-refractivity contribution is -0.134. The van der Waals surface area contributed by atoms with E-state index in [2.05, 4.69) is 35.0 Å². The molecule has 2 fully saturated rings. The molecule has 3 aliphatic rings. The molecule has 3 N–H and O–H groups in total. The molecule has 3 aliphatic heterocycles. The first-order chi connectivity index (χ1) is 19.2. The second kappa shape index (κ2) is 11.6. The van der Waals surface area contributed by atoms with E-state index in [1.54, 1.807) is 0 Å². The van der Waals surface area contributed by atoms with Gasteiger partial charge in [-0.15, -0.1) is 0 Å². The third-order valence-electron chi connectivity index (χ3n) is 9.02. The van der Waals surface area contributed by atoms with Crippen LogP contribution in [0.5, 0.6) is 0 Å². The van der Waals surface area contributed by atoms with E-state index in [1.807, 2.05) is 66.1 Å². The SMILES string of the molecule is CC1(NC(=O)N[C@@H](CCc2ccccc2)C(=O)N2CCC(N3C(=O)C(C)(C)c4ccccc43)CC2)CCNCC1. The smallest absolute Gasteiger partial charge is 0.315 e. The number of carbonyl (C=O) groups excluding carboxylic acids is 3. The van der Waals surface area contributed by atoms with Gasteiger partial charge in [0.2, 0.25) is 11.8 Å². The Labute approximate surface area is 237 Å². The minimum Gasteiger partial charge on any atom is -0.341 e. The summed E-state index contributed by atoms with van der Waals surface area (Å²) in [6, 6.07) is 17.3. The van der Waals surface area contributed by atoms with Crippen LogP contribution in [0.2, 0.25) is 0 Å². The molecule has 0 aromatic heterocycles. The zero-order valence-electron chi connectivity index (χ0n) is 24.0. The minimum absolute atomic E-state index is 0.0477. The van der Waals surface area contributed by atoms with E-state index < -0.39 is 11.5 Å². The molecule has 2 aromatic carbocycles. The molecule has 8 nitrogen and oxygen atoms in total. The number of piperidine rings is 2. The van der Waals surface area contributed by atoms with Crippen molar-refractivity contribution in [3.8, 4) is 0 Å². The number of hydrogen-bond acceptors (Lipinski definition) is 4. The van der Waals surface area contributed by atoms with Crippen molar-refractivity contribution in [3.63, 3.8) is 0 Å². The van der Waals surface area contributed by atoms with E-state index in [0.717, 1.165) is 42.7 Å². The first kappa shape index (κ1) is 28.1. The van der Waals surface area contributed by atoms with Crippen LogP contribution in [0.3, 0.4) is 0 Å². The van der Waals surface area contributed by atoms with Crippen LogP contribution in [-0.2, 0) is 21.4 Å². The summed E-state index contributed by atoms with van der Waals surface area (Å²) in [4.78, 5) is 44.2. The van der Waals surface area contributed by atoms with Gasteiger partial charge in [-0.25, -0.2) is 4.79 Å². The Kier molecular flexibility index (Phi) is 8.17. The highest BCUT2D eigenvalue weighted by Gasteiger charge is 2.47. The van der Waals surface area contributed by atoms with Gasteiger partial charge in [0.25, 0.3) is 0 Å². The summed E-state index contributed by atoms with van der Waals surface area (Å²) in [6.07, 6.45) is 4.36. The lowest BCUT2D eigenvalue weighted by Gasteiger charge is -2.39. The van der Waals surface area contributed by atoms with Crippen LogP contribution in [0.4, 0.5) is 10.5 Å². The second-order valence-electron chi connectivity index (χ2n) is 12.4. The number of benzene rings is 2. The molecule has 2 aromatic rings. The first-order valence-electron chi connectivity index (χ1n) is 14.7. The van der Waals surface area contributed by atoms with Crippen molar-refractivity contribution < 1.29 is 14.4 Å². The number of likely N-dealkylation sites (tertiary alicyclic amines) is 1. The van der Waals surface area contributed by atoms with Crippen LogP contribution in [0.15, 0.2) is 54.6 Å². The van der Waals surface area contributed by atoms with Crippen LogP contribution >= 0.6 is 0 Å². The van der Waals surface area contributed by atoms with Gasteiger partial charge in [-0.3, -0.25) is 9.59 Å². The summed E-state index contributed by atoms with van der Waals surface area (Å²) >= 11 is 0. The van der Waals surface area contributed by atoms with Gasteiger partial charge in [-0.1, -0.05) is 48.5 Å². The third-order valence-corrected chi connectivity index (χ3v) is 9.02. The summed E-state index contributed by atoms with van der Waals surface area (Å²) in [7, 11) is 0. The number of hydrogen-bond donors (Lipinski definition) is 3. The molecule has 4 amide bonds. The van der Waals surface area contributed by atoms with Gasteiger partial charge >= 0.3 is 6.03 Å². The van der Waals surface area contributed by atoms with E-state index in [1.165, 1.54) is 0 Å². The van der Waals surface area contributed by atoms with Gasteiger partial charge in [-0.2, -0.15) is 0 Å². The van der Waals surface area contributed by atoms with E-state index in [4.69, 9.17) is 0 Å². The number of rotatable bonds is 7. The molecule has 0 saturated carbocycles. The van der Waals surface area contributed by atoms with Gasteiger partial charge in [0.15, 0.2) is 0 Å². The predicted molar refractivity (Wildman–Crippen MR) is 157 cm³/mol. The van der Waals surface area contributed by atoms with Gasteiger partial charge in [0.05, 0.1) is 5.41 Å². The highest BCUT2D eigenvalue weighted by molar-refractivity contribution is 6.08. The van der Waals surface area contributed by atoms with Gasteiger partial charge in [0, 0.05) is 30.4 Å². The number of aryl methyl sites for hydroxylation is 1. The molecule has 5 rings (SSSR count). The van der Waals surface area contributed by atoms with Crippen LogP contribution in [0, 0.1) is 0 Å². The number of amides is 4. The maximum atomic E-state index is 13.8. The Morgan fingerprint density at radius 2 is 1.62 bits per heavy atom. The number of urea groups is 1. The Morgan fingerprint density at radius 1 is 0.975 bits per heavy atom. The van der Waals surface area contributed by atoms with Crippen LogP contribution < -0.4 is 20.9 Å². The Balaban J connectivity index is 1.25. The number of nitrogens with one attached hydrogen (secondary N) is 3. The lowest BCUT2D eigenvalue weighted by atomic mass is 9.86. The average molecular weight is 546 g/mol. The molecule has 0 bridgehead atoms. The summed E-state index contributed by atoms with van der Waals surface area (Å²) in [6.45, 7) is 8.90. The molecule has 0 aliphatic carbocycles. The van der Waals surface area contributed by atoms with Crippen molar-refractivity contribution >= 4 is 23.5 Å². The molecule has 40 heavy (non-hydrogen) atoms. The number of para-hydroxylation sites is 1. The molecule has 0 unspecified atom stereocenters. The fraction of sp³-hybridized carbons (Fsp3) is 0.531. The molecule has 2 saturated heterocycles. The molecule has 214 valence electrons. The van der Waals surface area contributed by atoms with E-state index in [-0.39, 0.29) is 29.4 Å². The van der Waals surface area contributed by atoms with Crippen molar-refractivity contribution in [1.29, 1.82) is 0 Å². The zero-order chi connectivity index (χ0) is 28.3. The summed E-state index contributed by atoms with van der Waals surface area (Å²) in [5.41, 5.74) is 2.37. The Hall–Kier alpha value is -3.39. The number of nitrogens with zero attached hydrogens (tertiary/aromatic N) is 2. The highest BCUT2D eigenvalue weighted by atomic mass is 16.2. The van der Waals surface area contributed by atoms with Crippen molar-refractivity contribution in [1.82, 2.24) is 20.9 Å². The topological polar surface area (TPSA) is 93.8 Å². The van der Waals surface area contributed by atoms with Crippen molar-refractivity contribution in [2.24, 2.45) is 0 Å². The Morgan fingerprint density at radius 3 is 2.33 bits per heavy atom. The second-order valence-corrected chi connectivity index (χ2v) is 12.4. The third kappa shape index (κ3) is 5.87. The standard InChI is InChI=1S/C32H43N5O3/c1-31(2)25-11-7-8-12-27(25)37(29(31)39)24-15-21-36(22-16-24)28(38)26(14-13-23-9-5-4-6-10-23)34-30(40)35-32(3)17-19-33-20-18-32/h4-12,24,26,33H,13-22H2,1-3H3,(H2,34,35,40)/t26-/m0/s1. The van der Waals surface area contributed by atoms with Gasteiger partial charge in [0.1, 0.15) is 6.04 Å². The fourth-order valence-corrected chi connectivity index (χ4v) is 6.45. The molecular weight excluding hydrogens is 502 g/mol. The van der Waals surface area contributed by atoms with E-state index in [9.17, 15) is 14.4 Å². The summed E-state index contributed by atoms with van der Waals surface area (Å²) < 4.78 is 0. The molecule has 1 atom stereocenters. The highest BCUT2D eigenvalue weighted by Crippen LogP contribution is 2.43. The molecular formula is C32H43N5O3. The van der Waals surface area contributed by atoms with Gasteiger partial charge < -0.3 is 25.8 Å². The van der Waals surface area contributed by atoms with Crippen LogP contribution in [-0.4, -0.2) is 66.5 Å². The lowest BCUT2D eigenvalue weighted by Crippen LogP contribution is -2.59. The molecule has 8 heteroatoms. The monoisotopic (exact) mass is 545 g/mol. The van der Waals surface area contributed by atoms with Crippen LogP contribution in [0.1, 0.15) is 64.0 Å². The first-order valence-corrected chi connectivity index (χ1v) is 14.7. The summed E-state index contributed by atoms with van der Waals surface area (Å²) in [5.74, 6) is 0.0810. The van der Waals surface area contributed by atoms with Crippen LogP contribution in [0.25, 0.3) is 0 Å². The van der Waals surface area contributed by atoms with Crippen molar-refractivity contribution in [3.05, 3.63) is 65.7 Å². The van der Waals surface area contributed by atoms with Gasteiger partial charge in [-0.05, 0) is 89.6 Å². The van der Waals surface area contributed by atoms with E-state index >= 15 is 0 Å². The minimum atomic E-state index is -0.616. The number of fused-ring (bicyclic) bond motifs is 1. The van der Waals surface area contributed by atoms with E-state index in [0.29, 0.717) is 38.8 Å². The molecule has 0 radical (unpaired) electrons. The fourth-order valence-electron chi connectivity index (χ4n) is 6.45. The quantitative estimate of drug-likeness (QED) is 0.494. The number of carbonyl (C=O) groups is 3. The predicted octanol–water partition coefficient (Wildman–Crippen LogP) is 3.74. The molecule has 3 heterocycles. The summed E-state index contributed by atoms with van der Waals surface area (Å²) in [5, 5.41) is 9.50.